The third-order valence-corrected chi connectivity index (χ3v) is 5.43. The molecule has 1 aliphatic rings. The average Bonchev–Trinajstić information content (AvgIpc) is 3.27. The summed E-state index contributed by atoms with van der Waals surface area (Å²) in [6.45, 7) is 1.76. The first-order chi connectivity index (χ1) is 16.3. The zero-order valence-electron chi connectivity index (χ0n) is 18.0. The van der Waals surface area contributed by atoms with Gasteiger partial charge in [0.1, 0.15) is 6.10 Å². The van der Waals surface area contributed by atoms with Gasteiger partial charge < -0.3 is 24.9 Å². The molecule has 1 fully saturated rings. The molecular weight excluding hydrogens is 452 g/mol. The molecule has 12 heteroatoms. The van der Waals surface area contributed by atoms with Crippen molar-refractivity contribution in [2.45, 2.75) is 38.7 Å². The number of aryl methyl sites for hydroxylation is 1. The Balaban J connectivity index is 1.34. The van der Waals surface area contributed by atoms with E-state index in [1.807, 2.05) is 0 Å². The quantitative estimate of drug-likeness (QED) is 0.463. The maximum absolute atomic E-state index is 13.3. The molecule has 178 valence electrons. The number of carboxylic acid groups (broad SMARTS) is 1. The fraction of sp³-hybridized carbons (Fsp3) is 0.318. The van der Waals surface area contributed by atoms with E-state index < -0.39 is 23.5 Å². The number of ether oxygens (including phenoxy) is 1. The van der Waals surface area contributed by atoms with Gasteiger partial charge in [-0.3, -0.25) is 9.59 Å². The Labute approximate surface area is 192 Å². The highest BCUT2D eigenvalue weighted by molar-refractivity contribution is 6.01. The predicted octanol–water partition coefficient (Wildman–Crippen LogP) is 4.07. The molecule has 0 bridgehead atoms. The van der Waals surface area contributed by atoms with Gasteiger partial charge in [-0.15, -0.1) is 5.10 Å². The molecule has 1 saturated carbocycles. The number of carbonyl (C=O) groups excluding carboxylic acids is 1. The molecular formula is C22H21F2N5O5. The second-order valence-corrected chi connectivity index (χ2v) is 7.89. The van der Waals surface area contributed by atoms with Gasteiger partial charge in [0, 0.05) is 17.8 Å². The minimum atomic E-state index is -1.05. The number of carbonyl (C=O) groups is 2. The number of hydrogen-bond donors (Lipinski definition) is 3. The van der Waals surface area contributed by atoms with Crippen LogP contribution in [0, 0.1) is 24.5 Å². The molecule has 0 unspecified atom stereocenters. The van der Waals surface area contributed by atoms with Crippen LogP contribution in [0.5, 0.6) is 5.88 Å². The number of pyridine rings is 1. The normalized spacial score (nSPS) is 17.7. The largest absolute Gasteiger partial charge is 0.481 e. The highest BCUT2D eigenvalue weighted by Gasteiger charge is 2.27. The number of amides is 1. The van der Waals surface area contributed by atoms with Crippen LogP contribution in [0.1, 0.15) is 41.9 Å². The third-order valence-electron chi connectivity index (χ3n) is 5.43. The standard InChI is InChI=1S/C22H21F2N5O5/c1-11-8-18(33-14-5-2-12(3-6-14)21(31)32)25-10-17(11)27-19(30)20-28-29-22(34-20)26-13-4-7-15(23)16(24)9-13/h4,7-10,12,14H,2-3,5-6H2,1H3,(H,26,29)(H,27,30)(H,31,32). The van der Waals surface area contributed by atoms with Crippen LogP contribution in [0.3, 0.4) is 0 Å². The smallest absolute Gasteiger partial charge is 0.320 e. The van der Waals surface area contributed by atoms with Crippen LogP contribution in [0.2, 0.25) is 0 Å². The van der Waals surface area contributed by atoms with Crippen molar-refractivity contribution in [2.75, 3.05) is 10.6 Å². The van der Waals surface area contributed by atoms with Crippen molar-refractivity contribution in [1.82, 2.24) is 15.2 Å². The third kappa shape index (κ3) is 5.45. The number of nitrogens with zero attached hydrogens (tertiary/aromatic N) is 3. The zero-order chi connectivity index (χ0) is 24.2. The summed E-state index contributed by atoms with van der Waals surface area (Å²) < 4.78 is 37.4. The lowest BCUT2D eigenvalue weighted by atomic mass is 9.87. The summed E-state index contributed by atoms with van der Waals surface area (Å²) in [5, 5.41) is 21.6. The molecule has 3 aromatic rings. The van der Waals surface area contributed by atoms with Gasteiger partial charge in [-0.2, -0.15) is 0 Å². The van der Waals surface area contributed by atoms with Crippen molar-refractivity contribution in [3.63, 3.8) is 0 Å². The van der Waals surface area contributed by atoms with Crippen LogP contribution in [0.15, 0.2) is 34.9 Å². The van der Waals surface area contributed by atoms with Gasteiger partial charge in [0.15, 0.2) is 11.6 Å². The second kappa shape index (κ2) is 9.81. The predicted molar refractivity (Wildman–Crippen MR) is 115 cm³/mol. The van der Waals surface area contributed by atoms with Gasteiger partial charge in [0.05, 0.1) is 17.8 Å². The van der Waals surface area contributed by atoms with Crippen molar-refractivity contribution < 1.29 is 32.6 Å². The van der Waals surface area contributed by atoms with Crippen LogP contribution < -0.4 is 15.4 Å². The van der Waals surface area contributed by atoms with Crippen LogP contribution in [-0.4, -0.2) is 38.3 Å². The lowest BCUT2D eigenvalue weighted by Crippen LogP contribution is -2.28. The maximum atomic E-state index is 13.3. The molecule has 2 heterocycles. The molecule has 0 spiro atoms. The Morgan fingerprint density at radius 2 is 1.88 bits per heavy atom. The van der Waals surface area contributed by atoms with E-state index in [4.69, 9.17) is 14.3 Å². The molecule has 10 nitrogen and oxygen atoms in total. The summed E-state index contributed by atoms with van der Waals surface area (Å²) in [6, 6.07) is 4.62. The summed E-state index contributed by atoms with van der Waals surface area (Å²) in [4.78, 5) is 27.7. The van der Waals surface area contributed by atoms with E-state index in [0.717, 1.165) is 12.1 Å². The Morgan fingerprint density at radius 3 is 2.56 bits per heavy atom. The van der Waals surface area contributed by atoms with Gasteiger partial charge in [-0.05, 0) is 50.3 Å². The second-order valence-electron chi connectivity index (χ2n) is 7.89. The molecule has 4 rings (SSSR count). The molecule has 0 aliphatic heterocycles. The highest BCUT2D eigenvalue weighted by atomic mass is 19.2. The van der Waals surface area contributed by atoms with E-state index in [1.54, 1.807) is 13.0 Å². The first-order valence-electron chi connectivity index (χ1n) is 10.5. The number of carboxylic acids is 1. The average molecular weight is 473 g/mol. The van der Waals surface area contributed by atoms with Gasteiger partial charge in [-0.1, -0.05) is 5.10 Å². The lowest BCUT2D eigenvalue weighted by Gasteiger charge is -2.26. The Kier molecular flexibility index (Phi) is 6.66. The van der Waals surface area contributed by atoms with Crippen molar-refractivity contribution in [3.05, 3.63) is 53.6 Å². The summed E-state index contributed by atoms with van der Waals surface area (Å²) in [7, 11) is 0. The molecule has 1 amide bonds. The molecule has 1 aromatic carbocycles. The number of anilines is 3. The van der Waals surface area contributed by atoms with Crippen molar-refractivity contribution >= 4 is 29.3 Å². The van der Waals surface area contributed by atoms with Gasteiger partial charge >= 0.3 is 23.8 Å². The Bertz CT molecular complexity index is 1210. The lowest BCUT2D eigenvalue weighted by molar-refractivity contribution is -0.143. The van der Waals surface area contributed by atoms with E-state index in [-0.39, 0.29) is 29.6 Å². The number of rotatable bonds is 7. The molecule has 0 radical (unpaired) electrons. The monoisotopic (exact) mass is 473 g/mol. The first-order valence-corrected chi connectivity index (χ1v) is 10.5. The Morgan fingerprint density at radius 1 is 1.12 bits per heavy atom. The number of aliphatic carboxylic acids is 1. The van der Waals surface area contributed by atoms with Crippen LogP contribution in [0.25, 0.3) is 0 Å². The van der Waals surface area contributed by atoms with Gasteiger partial charge in [-0.25, -0.2) is 13.8 Å². The van der Waals surface area contributed by atoms with Gasteiger partial charge in [0.2, 0.25) is 5.88 Å². The van der Waals surface area contributed by atoms with Gasteiger partial charge in [0.25, 0.3) is 0 Å². The van der Waals surface area contributed by atoms with Crippen LogP contribution in [-0.2, 0) is 4.79 Å². The van der Waals surface area contributed by atoms with E-state index in [2.05, 4.69) is 25.8 Å². The number of aromatic nitrogens is 3. The Hall–Kier alpha value is -4.09. The fourth-order valence-electron chi connectivity index (χ4n) is 3.56. The number of hydrogen-bond acceptors (Lipinski definition) is 8. The summed E-state index contributed by atoms with van der Waals surface area (Å²) in [5.41, 5.74) is 1.25. The van der Waals surface area contributed by atoms with E-state index in [0.29, 0.717) is 42.8 Å². The van der Waals surface area contributed by atoms with Crippen molar-refractivity contribution in [3.8, 4) is 5.88 Å². The summed E-state index contributed by atoms with van der Waals surface area (Å²) in [5.74, 6) is -3.81. The van der Waals surface area contributed by atoms with Crippen molar-refractivity contribution in [2.24, 2.45) is 5.92 Å². The van der Waals surface area contributed by atoms with E-state index >= 15 is 0 Å². The number of nitrogens with one attached hydrogen (secondary N) is 2. The molecule has 2 aromatic heterocycles. The SMILES string of the molecule is Cc1cc(OC2CCC(C(=O)O)CC2)ncc1NC(=O)c1nnc(Nc2ccc(F)c(F)c2)o1. The molecule has 1 aliphatic carbocycles. The molecule has 3 N–H and O–H groups in total. The fourth-order valence-corrected chi connectivity index (χ4v) is 3.56. The summed E-state index contributed by atoms with van der Waals surface area (Å²) in [6.07, 6.45) is 3.71. The zero-order valence-corrected chi connectivity index (χ0v) is 18.0. The van der Waals surface area contributed by atoms with E-state index in [9.17, 15) is 18.4 Å². The molecule has 0 atom stereocenters. The molecule has 0 saturated heterocycles. The van der Waals surface area contributed by atoms with E-state index in [1.165, 1.54) is 12.3 Å². The summed E-state index contributed by atoms with van der Waals surface area (Å²) >= 11 is 0. The molecule has 34 heavy (non-hydrogen) atoms. The van der Waals surface area contributed by atoms with Crippen molar-refractivity contribution in [1.29, 1.82) is 0 Å². The minimum Gasteiger partial charge on any atom is -0.481 e. The van der Waals surface area contributed by atoms with Crippen LogP contribution in [0.4, 0.5) is 26.2 Å². The minimum absolute atomic E-state index is 0.109. The maximum Gasteiger partial charge on any atom is 0.320 e. The van der Waals surface area contributed by atoms with Crippen LogP contribution >= 0.6 is 0 Å². The number of benzene rings is 1. The number of halogens is 2. The topological polar surface area (TPSA) is 139 Å². The first kappa shape index (κ1) is 23.1. The highest BCUT2D eigenvalue weighted by Crippen LogP contribution is 2.28.